The lowest BCUT2D eigenvalue weighted by molar-refractivity contribution is -0.119. The summed E-state index contributed by atoms with van der Waals surface area (Å²) in [6.07, 6.45) is 0.732. The van der Waals surface area contributed by atoms with Crippen LogP contribution >= 0.6 is 23.2 Å². The van der Waals surface area contributed by atoms with Crippen molar-refractivity contribution >= 4 is 34.8 Å². The van der Waals surface area contributed by atoms with Crippen LogP contribution < -0.4 is 15.4 Å². The second kappa shape index (κ2) is 8.81. The molecule has 2 rings (SSSR count). The normalized spacial score (nSPS) is 10.3. The molecule has 2 N–H and O–H groups in total. The van der Waals surface area contributed by atoms with Crippen molar-refractivity contribution in [2.24, 2.45) is 0 Å². The topological polar surface area (TPSA) is 50.4 Å². The average molecular weight is 367 g/mol. The zero-order valence-electron chi connectivity index (χ0n) is 13.7. The number of hydrogen-bond acceptors (Lipinski definition) is 3. The average Bonchev–Trinajstić information content (AvgIpc) is 2.55. The van der Waals surface area contributed by atoms with Crippen molar-refractivity contribution < 1.29 is 9.53 Å². The van der Waals surface area contributed by atoms with Gasteiger partial charge < -0.3 is 15.4 Å². The molecule has 1 amide bonds. The summed E-state index contributed by atoms with van der Waals surface area (Å²) in [4.78, 5) is 12.0. The number of carbonyl (C=O) groups is 1. The van der Waals surface area contributed by atoms with Gasteiger partial charge in [-0.3, -0.25) is 4.79 Å². The maximum absolute atomic E-state index is 12.0. The predicted octanol–water partition coefficient (Wildman–Crippen LogP) is 4.08. The largest absolute Gasteiger partial charge is 0.495 e. The van der Waals surface area contributed by atoms with Gasteiger partial charge in [0, 0.05) is 22.7 Å². The number of ether oxygens (including phenoxy) is 1. The van der Waals surface area contributed by atoms with Crippen molar-refractivity contribution in [3.8, 4) is 5.75 Å². The first kappa shape index (κ1) is 18.4. The third-order valence-corrected chi connectivity index (χ3v) is 4.19. The number of anilines is 1. The van der Waals surface area contributed by atoms with Gasteiger partial charge in [-0.15, -0.1) is 0 Å². The molecule has 4 nitrogen and oxygen atoms in total. The van der Waals surface area contributed by atoms with Gasteiger partial charge in [0.05, 0.1) is 19.3 Å². The van der Waals surface area contributed by atoms with E-state index in [1.54, 1.807) is 13.2 Å². The second-order valence-corrected chi connectivity index (χ2v) is 6.23. The van der Waals surface area contributed by atoms with E-state index in [1.807, 2.05) is 37.3 Å². The number of amides is 1. The van der Waals surface area contributed by atoms with Crippen molar-refractivity contribution in [1.29, 1.82) is 0 Å². The number of benzene rings is 2. The van der Waals surface area contributed by atoms with E-state index in [1.165, 1.54) is 0 Å². The molecule has 0 fully saturated rings. The number of halogens is 2. The maximum atomic E-state index is 12.0. The molecular formula is C18H20Cl2N2O2. The Labute approximate surface area is 152 Å². The van der Waals surface area contributed by atoms with Gasteiger partial charge in [0.2, 0.25) is 5.91 Å². The molecule has 0 saturated carbocycles. The van der Waals surface area contributed by atoms with Crippen LogP contribution in [-0.4, -0.2) is 26.1 Å². The number of hydrogen-bond donors (Lipinski definition) is 2. The molecule has 2 aromatic carbocycles. The SMILES string of the molecule is COc1cc(Cl)c(C)cc1NCC(=O)NCCc1cccc(Cl)c1. The van der Waals surface area contributed by atoms with Crippen LogP contribution in [-0.2, 0) is 11.2 Å². The molecular weight excluding hydrogens is 347 g/mol. The van der Waals surface area contributed by atoms with Gasteiger partial charge in [-0.1, -0.05) is 35.3 Å². The molecule has 0 aliphatic rings. The molecule has 0 bridgehead atoms. The molecule has 0 atom stereocenters. The summed E-state index contributed by atoms with van der Waals surface area (Å²) in [6, 6.07) is 11.2. The van der Waals surface area contributed by atoms with Crippen LogP contribution in [0, 0.1) is 6.92 Å². The van der Waals surface area contributed by atoms with E-state index in [9.17, 15) is 4.79 Å². The third-order valence-electron chi connectivity index (χ3n) is 3.55. The van der Waals surface area contributed by atoms with Crippen LogP contribution in [0.1, 0.15) is 11.1 Å². The van der Waals surface area contributed by atoms with Gasteiger partial charge in [-0.25, -0.2) is 0 Å². The lowest BCUT2D eigenvalue weighted by Gasteiger charge is -2.13. The molecule has 0 unspecified atom stereocenters. The van der Waals surface area contributed by atoms with E-state index < -0.39 is 0 Å². The molecule has 128 valence electrons. The summed E-state index contributed by atoms with van der Waals surface area (Å²) >= 11 is 12.0. The molecule has 0 radical (unpaired) electrons. The van der Waals surface area contributed by atoms with Crippen LogP contribution in [0.25, 0.3) is 0 Å². The highest BCUT2D eigenvalue weighted by Gasteiger charge is 2.08. The molecule has 0 heterocycles. The van der Waals surface area contributed by atoms with Gasteiger partial charge >= 0.3 is 0 Å². The molecule has 0 aliphatic heterocycles. The van der Waals surface area contributed by atoms with Crippen molar-refractivity contribution in [3.05, 3.63) is 57.6 Å². The zero-order chi connectivity index (χ0) is 17.5. The summed E-state index contributed by atoms with van der Waals surface area (Å²) in [5.74, 6) is 0.518. The molecule has 0 saturated heterocycles. The van der Waals surface area contributed by atoms with Crippen LogP contribution in [0.15, 0.2) is 36.4 Å². The van der Waals surface area contributed by atoms with Gasteiger partial charge in [0.25, 0.3) is 0 Å². The molecule has 6 heteroatoms. The van der Waals surface area contributed by atoms with E-state index in [0.29, 0.717) is 22.3 Å². The van der Waals surface area contributed by atoms with E-state index in [4.69, 9.17) is 27.9 Å². The Morgan fingerprint density at radius 1 is 1.21 bits per heavy atom. The van der Waals surface area contributed by atoms with Gasteiger partial charge in [0.15, 0.2) is 0 Å². The fourth-order valence-electron chi connectivity index (χ4n) is 2.25. The van der Waals surface area contributed by atoms with Crippen molar-refractivity contribution in [1.82, 2.24) is 5.32 Å². The molecule has 24 heavy (non-hydrogen) atoms. The zero-order valence-corrected chi connectivity index (χ0v) is 15.2. The summed E-state index contributed by atoms with van der Waals surface area (Å²) in [6.45, 7) is 2.61. The standard InChI is InChI=1S/C18H20Cl2N2O2/c1-12-8-16(17(24-2)10-15(12)20)22-11-18(23)21-7-6-13-4-3-5-14(19)9-13/h3-5,8-10,22H,6-7,11H2,1-2H3,(H,21,23). The third kappa shape index (κ3) is 5.32. The van der Waals surface area contributed by atoms with Crippen molar-refractivity contribution in [3.63, 3.8) is 0 Å². The first-order valence-corrected chi connectivity index (χ1v) is 8.34. The number of carbonyl (C=O) groups excluding carboxylic acids is 1. The minimum absolute atomic E-state index is 0.0910. The summed E-state index contributed by atoms with van der Waals surface area (Å²) < 4.78 is 5.27. The Hall–Kier alpha value is -1.91. The molecule has 2 aromatic rings. The number of methoxy groups -OCH3 is 1. The molecule has 0 aliphatic carbocycles. The summed E-state index contributed by atoms with van der Waals surface area (Å²) in [7, 11) is 1.57. The predicted molar refractivity (Wildman–Crippen MR) is 99.4 cm³/mol. The Balaban J connectivity index is 1.82. The van der Waals surface area contributed by atoms with Gasteiger partial charge in [0.1, 0.15) is 5.75 Å². The van der Waals surface area contributed by atoms with E-state index in [0.717, 1.165) is 23.2 Å². The maximum Gasteiger partial charge on any atom is 0.239 e. The van der Waals surface area contributed by atoms with Crippen LogP contribution in [0.2, 0.25) is 10.0 Å². The van der Waals surface area contributed by atoms with E-state index >= 15 is 0 Å². The van der Waals surface area contributed by atoms with Crippen LogP contribution in [0.3, 0.4) is 0 Å². The number of aryl methyl sites for hydroxylation is 1. The number of nitrogens with one attached hydrogen (secondary N) is 2. The van der Waals surface area contributed by atoms with E-state index in [-0.39, 0.29) is 12.5 Å². The van der Waals surface area contributed by atoms with Crippen molar-refractivity contribution in [2.75, 3.05) is 25.5 Å². The fraction of sp³-hybridized carbons (Fsp3) is 0.278. The smallest absolute Gasteiger partial charge is 0.239 e. The minimum atomic E-state index is -0.0910. The highest BCUT2D eigenvalue weighted by atomic mass is 35.5. The summed E-state index contributed by atoms with van der Waals surface area (Å²) in [5, 5.41) is 7.27. The fourth-order valence-corrected chi connectivity index (χ4v) is 2.61. The Kier molecular flexibility index (Phi) is 6.76. The Morgan fingerprint density at radius 3 is 2.71 bits per heavy atom. The second-order valence-electron chi connectivity index (χ2n) is 5.39. The lowest BCUT2D eigenvalue weighted by atomic mass is 10.1. The Morgan fingerprint density at radius 2 is 2.00 bits per heavy atom. The van der Waals surface area contributed by atoms with Crippen molar-refractivity contribution in [2.45, 2.75) is 13.3 Å². The highest BCUT2D eigenvalue weighted by molar-refractivity contribution is 6.31. The number of rotatable bonds is 7. The molecule has 0 spiro atoms. The summed E-state index contributed by atoms with van der Waals surface area (Å²) in [5.41, 5.74) is 2.75. The quantitative estimate of drug-likeness (QED) is 0.775. The Bertz CT molecular complexity index is 720. The molecule has 0 aromatic heterocycles. The van der Waals surface area contributed by atoms with Gasteiger partial charge in [-0.05, 0) is 42.7 Å². The van der Waals surface area contributed by atoms with Gasteiger partial charge in [-0.2, -0.15) is 0 Å². The first-order chi connectivity index (χ1) is 11.5. The first-order valence-electron chi connectivity index (χ1n) is 7.58. The lowest BCUT2D eigenvalue weighted by Crippen LogP contribution is -2.31. The van der Waals surface area contributed by atoms with Crippen LogP contribution in [0.5, 0.6) is 5.75 Å². The van der Waals surface area contributed by atoms with E-state index in [2.05, 4.69) is 10.6 Å². The highest BCUT2D eigenvalue weighted by Crippen LogP contribution is 2.30. The minimum Gasteiger partial charge on any atom is -0.495 e. The van der Waals surface area contributed by atoms with Crippen LogP contribution in [0.4, 0.5) is 5.69 Å². The monoisotopic (exact) mass is 366 g/mol.